The third-order valence-electron chi connectivity index (χ3n) is 3.45. The second-order valence-electron chi connectivity index (χ2n) is 5.40. The lowest BCUT2D eigenvalue weighted by atomic mass is 10.2. The highest BCUT2D eigenvalue weighted by atomic mass is 32.1. The molecule has 2 aromatic rings. The minimum absolute atomic E-state index is 0.0517. The molecular formula is C17H21NO4S. The van der Waals surface area contributed by atoms with E-state index >= 15 is 0 Å². The van der Waals surface area contributed by atoms with Crippen LogP contribution in [0.2, 0.25) is 0 Å². The molecule has 6 heteroatoms. The van der Waals surface area contributed by atoms with E-state index in [1.54, 1.807) is 11.3 Å². The zero-order valence-electron chi connectivity index (χ0n) is 12.8. The van der Waals surface area contributed by atoms with Crippen LogP contribution in [-0.4, -0.2) is 43.6 Å². The van der Waals surface area contributed by atoms with Crippen molar-refractivity contribution in [3.05, 3.63) is 46.7 Å². The lowest BCUT2D eigenvalue weighted by Gasteiger charge is -2.26. The molecule has 1 aliphatic heterocycles. The molecule has 23 heavy (non-hydrogen) atoms. The van der Waals surface area contributed by atoms with Gasteiger partial charge in [0.25, 0.3) is 0 Å². The first kappa shape index (κ1) is 16.3. The van der Waals surface area contributed by atoms with Crippen molar-refractivity contribution < 1.29 is 19.3 Å². The van der Waals surface area contributed by atoms with Crippen LogP contribution in [0.1, 0.15) is 4.88 Å². The van der Waals surface area contributed by atoms with Crippen molar-refractivity contribution in [2.24, 2.45) is 0 Å². The van der Waals surface area contributed by atoms with Crippen molar-refractivity contribution in [3.63, 3.8) is 0 Å². The predicted octanol–water partition coefficient (Wildman–Crippen LogP) is 2.06. The van der Waals surface area contributed by atoms with Gasteiger partial charge in [0, 0.05) is 18.0 Å². The van der Waals surface area contributed by atoms with Gasteiger partial charge in [-0.15, -0.1) is 11.3 Å². The maximum atomic E-state index is 9.91. The SMILES string of the molecule is O[C@@H](CNC[C@H]1COc2ccccc2O1)COCc1cccs1. The van der Waals surface area contributed by atoms with Crippen molar-refractivity contribution in [2.45, 2.75) is 18.8 Å². The highest BCUT2D eigenvalue weighted by Crippen LogP contribution is 2.30. The molecule has 1 aromatic carbocycles. The zero-order chi connectivity index (χ0) is 15.9. The molecule has 0 fully saturated rings. The lowest BCUT2D eigenvalue weighted by molar-refractivity contribution is 0.0268. The number of nitrogens with one attached hydrogen (secondary N) is 1. The fourth-order valence-corrected chi connectivity index (χ4v) is 2.96. The molecule has 2 N–H and O–H groups in total. The molecule has 0 saturated carbocycles. The molecule has 3 rings (SSSR count). The molecule has 0 radical (unpaired) electrons. The van der Waals surface area contributed by atoms with Crippen LogP contribution in [0, 0.1) is 0 Å². The van der Waals surface area contributed by atoms with E-state index in [0.29, 0.717) is 32.9 Å². The number of ether oxygens (including phenoxy) is 3. The minimum atomic E-state index is -0.535. The summed E-state index contributed by atoms with van der Waals surface area (Å²) in [4.78, 5) is 1.16. The van der Waals surface area contributed by atoms with E-state index < -0.39 is 6.10 Å². The second-order valence-corrected chi connectivity index (χ2v) is 6.44. The molecule has 0 saturated heterocycles. The minimum Gasteiger partial charge on any atom is -0.486 e. The van der Waals surface area contributed by atoms with Gasteiger partial charge in [0.1, 0.15) is 12.7 Å². The van der Waals surface area contributed by atoms with Crippen LogP contribution >= 0.6 is 11.3 Å². The van der Waals surface area contributed by atoms with Gasteiger partial charge in [0.15, 0.2) is 11.5 Å². The smallest absolute Gasteiger partial charge is 0.161 e. The number of fused-ring (bicyclic) bond motifs is 1. The summed E-state index contributed by atoms with van der Waals surface area (Å²) < 4.78 is 17.0. The average Bonchev–Trinajstić information content (AvgIpc) is 3.08. The number of benzene rings is 1. The Morgan fingerprint density at radius 2 is 2.13 bits per heavy atom. The number of hydrogen-bond donors (Lipinski definition) is 2. The number of rotatable bonds is 8. The Kier molecular flexibility index (Phi) is 5.87. The number of para-hydroxylation sites is 2. The molecule has 0 amide bonds. The van der Waals surface area contributed by atoms with Gasteiger partial charge in [0.2, 0.25) is 0 Å². The monoisotopic (exact) mass is 335 g/mol. The summed E-state index contributed by atoms with van der Waals surface area (Å²) in [5.74, 6) is 1.55. The van der Waals surface area contributed by atoms with E-state index in [-0.39, 0.29) is 6.10 Å². The quantitative estimate of drug-likeness (QED) is 0.773. The lowest BCUT2D eigenvalue weighted by Crippen LogP contribution is -2.41. The van der Waals surface area contributed by atoms with Crippen LogP contribution in [0.4, 0.5) is 0 Å². The molecule has 0 aliphatic carbocycles. The maximum Gasteiger partial charge on any atom is 0.161 e. The molecule has 5 nitrogen and oxygen atoms in total. The van der Waals surface area contributed by atoms with E-state index in [2.05, 4.69) is 5.32 Å². The van der Waals surface area contributed by atoms with Gasteiger partial charge in [-0.1, -0.05) is 18.2 Å². The first-order valence-corrected chi connectivity index (χ1v) is 8.56. The summed E-state index contributed by atoms with van der Waals surface area (Å²) in [5.41, 5.74) is 0. The fourth-order valence-electron chi connectivity index (χ4n) is 2.32. The van der Waals surface area contributed by atoms with Crippen molar-refractivity contribution in [1.82, 2.24) is 5.32 Å². The summed E-state index contributed by atoms with van der Waals surface area (Å²) in [6, 6.07) is 11.7. The maximum absolute atomic E-state index is 9.91. The van der Waals surface area contributed by atoms with Gasteiger partial charge in [0.05, 0.1) is 19.3 Å². The zero-order valence-corrected chi connectivity index (χ0v) is 13.6. The van der Waals surface area contributed by atoms with Gasteiger partial charge < -0.3 is 24.6 Å². The Morgan fingerprint density at radius 3 is 2.96 bits per heavy atom. The standard InChI is InChI=1S/C17H21NO4S/c19-13(10-20-12-15-4-3-7-23-15)8-18-9-14-11-21-16-5-1-2-6-17(16)22-14/h1-7,13-14,18-19H,8-12H2/t13-,14-/m0/s1. The summed E-state index contributed by atoms with van der Waals surface area (Å²) >= 11 is 1.65. The van der Waals surface area contributed by atoms with Crippen molar-refractivity contribution >= 4 is 11.3 Å². The predicted molar refractivity (Wildman–Crippen MR) is 89.2 cm³/mol. The van der Waals surface area contributed by atoms with E-state index in [9.17, 15) is 5.11 Å². The molecule has 0 spiro atoms. The number of aliphatic hydroxyl groups excluding tert-OH is 1. The van der Waals surface area contributed by atoms with Gasteiger partial charge >= 0.3 is 0 Å². The fraction of sp³-hybridized carbons (Fsp3) is 0.412. The molecule has 1 aromatic heterocycles. The first-order valence-electron chi connectivity index (χ1n) is 7.68. The molecule has 0 unspecified atom stereocenters. The summed E-state index contributed by atoms with van der Waals surface area (Å²) in [6.07, 6.45) is -0.587. The number of aliphatic hydroxyl groups is 1. The third-order valence-corrected chi connectivity index (χ3v) is 4.30. The molecule has 124 valence electrons. The highest BCUT2D eigenvalue weighted by molar-refractivity contribution is 7.09. The van der Waals surface area contributed by atoms with Crippen molar-refractivity contribution in [2.75, 3.05) is 26.3 Å². The summed E-state index contributed by atoms with van der Waals surface area (Å²) in [6.45, 7) is 2.46. The normalized spacial score (nSPS) is 17.9. The topological polar surface area (TPSA) is 60.0 Å². The third kappa shape index (κ3) is 4.94. The molecular weight excluding hydrogens is 314 g/mol. The van der Waals surface area contributed by atoms with Gasteiger partial charge in [-0.25, -0.2) is 0 Å². The van der Waals surface area contributed by atoms with E-state index in [1.807, 2.05) is 41.8 Å². The van der Waals surface area contributed by atoms with Crippen LogP contribution in [0.5, 0.6) is 11.5 Å². The molecule has 2 heterocycles. The molecule has 0 bridgehead atoms. The highest BCUT2D eigenvalue weighted by Gasteiger charge is 2.20. The van der Waals surface area contributed by atoms with Crippen molar-refractivity contribution in [3.8, 4) is 11.5 Å². The van der Waals surface area contributed by atoms with E-state index in [1.165, 1.54) is 0 Å². The summed E-state index contributed by atoms with van der Waals surface area (Å²) in [5, 5.41) is 15.1. The Morgan fingerprint density at radius 1 is 1.26 bits per heavy atom. The Balaban J connectivity index is 1.30. The Bertz CT molecular complexity index is 590. The second kappa shape index (κ2) is 8.31. The first-order chi connectivity index (χ1) is 11.3. The van der Waals surface area contributed by atoms with Gasteiger partial charge in [-0.3, -0.25) is 0 Å². The number of hydrogen-bond acceptors (Lipinski definition) is 6. The van der Waals surface area contributed by atoms with Crippen molar-refractivity contribution in [1.29, 1.82) is 0 Å². The molecule has 2 atom stereocenters. The average molecular weight is 335 g/mol. The van der Waals surface area contributed by atoms with E-state index in [0.717, 1.165) is 16.4 Å². The number of thiophene rings is 1. The summed E-state index contributed by atoms with van der Waals surface area (Å²) in [7, 11) is 0. The van der Waals surface area contributed by atoms with E-state index in [4.69, 9.17) is 14.2 Å². The van der Waals surface area contributed by atoms with Gasteiger partial charge in [-0.2, -0.15) is 0 Å². The molecule has 1 aliphatic rings. The van der Waals surface area contributed by atoms with Crippen LogP contribution < -0.4 is 14.8 Å². The van der Waals surface area contributed by atoms with Crippen LogP contribution in [0.15, 0.2) is 41.8 Å². The largest absolute Gasteiger partial charge is 0.486 e. The Labute approximate surface area is 139 Å². The van der Waals surface area contributed by atoms with Crippen LogP contribution in [0.3, 0.4) is 0 Å². The Hall–Kier alpha value is -1.60. The van der Waals surface area contributed by atoms with Crippen LogP contribution in [0.25, 0.3) is 0 Å². The van der Waals surface area contributed by atoms with Crippen LogP contribution in [-0.2, 0) is 11.3 Å². The van der Waals surface area contributed by atoms with Gasteiger partial charge in [-0.05, 0) is 23.6 Å².